The normalized spacial score (nSPS) is 19.3. The van der Waals surface area contributed by atoms with Crippen molar-refractivity contribution in [1.29, 1.82) is 0 Å². The highest BCUT2D eigenvalue weighted by Gasteiger charge is 2.34. The molecule has 2 atom stereocenters. The molecule has 210 valence electrons. The number of hydrogen-bond acceptors (Lipinski definition) is 1. The van der Waals surface area contributed by atoms with Gasteiger partial charge in [-0.15, -0.1) is 0 Å². The van der Waals surface area contributed by atoms with Crippen LogP contribution >= 0.6 is 0 Å². The van der Waals surface area contributed by atoms with Gasteiger partial charge in [0.05, 0.1) is 5.48 Å². The molecule has 2 unspecified atom stereocenters. The molecule has 0 spiro atoms. The van der Waals surface area contributed by atoms with E-state index in [0.29, 0.717) is 16.9 Å². The van der Waals surface area contributed by atoms with Crippen LogP contribution in [0.4, 0.5) is 0 Å². The number of fused-ring (bicyclic) bond motifs is 2. The first kappa shape index (κ1) is 21.1. The molecule has 1 aliphatic heterocycles. The Labute approximate surface area is 268 Å². The summed E-state index contributed by atoms with van der Waals surface area (Å²) < 4.78 is 43.5. The maximum atomic E-state index is 9.28. The number of benzene rings is 6. The van der Waals surface area contributed by atoms with Crippen LogP contribution in [0.3, 0.4) is 0 Å². The van der Waals surface area contributed by atoms with Crippen LogP contribution in [0.15, 0.2) is 151 Å². The van der Waals surface area contributed by atoms with Gasteiger partial charge in [0.1, 0.15) is 11.5 Å². The Morgan fingerprint density at radius 1 is 0.533 bits per heavy atom. The molecular formula is C44H28O. The number of rotatable bonds is 3. The molecule has 3 aliphatic carbocycles. The summed E-state index contributed by atoms with van der Waals surface area (Å²) in [4.78, 5) is 0. The molecule has 4 aliphatic rings. The van der Waals surface area contributed by atoms with Crippen LogP contribution < -0.4 is 4.74 Å². The molecule has 1 heterocycles. The fourth-order valence-electron chi connectivity index (χ4n) is 7.63. The van der Waals surface area contributed by atoms with E-state index in [1.807, 2.05) is 48.5 Å². The van der Waals surface area contributed by atoms with Gasteiger partial charge in [0.15, 0.2) is 0 Å². The average molecular weight is 577 g/mol. The molecule has 0 radical (unpaired) electrons. The molecular weight excluding hydrogens is 544 g/mol. The molecule has 0 bridgehead atoms. The zero-order valence-corrected chi connectivity index (χ0v) is 24.3. The van der Waals surface area contributed by atoms with Crippen molar-refractivity contribution in [2.24, 2.45) is 5.92 Å². The molecule has 1 nitrogen and oxygen atoms in total. The molecule has 0 saturated heterocycles. The maximum Gasteiger partial charge on any atom is 0.135 e. The molecule has 6 aromatic rings. The van der Waals surface area contributed by atoms with E-state index in [4.69, 9.17) is 4.74 Å². The Hall–Kier alpha value is -5.66. The van der Waals surface area contributed by atoms with E-state index in [1.165, 1.54) is 16.7 Å². The van der Waals surface area contributed by atoms with Gasteiger partial charge in [-0.3, -0.25) is 0 Å². The molecule has 0 saturated carbocycles. The topological polar surface area (TPSA) is 9.23 Å². The van der Waals surface area contributed by atoms with Gasteiger partial charge in [-0.1, -0.05) is 139 Å². The van der Waals surface area contributed by atoms with E-state index >= 15 is 0 Å². The van der Waals surface area contributed by atoms with Crippen LogP contribution in [0, 0.1) is 5.92 Å². The second-order valence-corrected chi connectivity index (χ2v) is 12.1. The summed E-state index contributed by atoms with van der Waals surface area (Å²) in [5.74, 6) is 1.75. The SMILES string of the molecule is [2H]c1c([2H])c(-c2ccc3c(c2)-c2cccc4c(-c5ccccc5)ccc(c24)O3)c([2H])c([2H])c1C1=C2C=Cc3cccc4c3C2C(C=C1)C=C4. The summed E-state index contributed by atoms with van der Waals surface area (Å²) in [6.45, 7) is 0. The van der Waals surface area contributed by atoms with Gasteiger partial charge < -0.3 is 4.74 Å². The van der Waals surface area contributed by atoms with E-state index in [-0.39, 0.29) is 41.6 Å². The number of allylic oxidation sites excluding steroid dienone is 6. The summed E-state index contributed by atoms with van der Waals surface area (Å²) in [6, 6.07) is 32.6. The molecule has 10 rings (SSSR count). The number of hydrogen-bond donors (Lipinski definition) is 0. The lowest BCUT2D eigenvalue weighted by atomic mass is 9.67. The first-order chi connectivity index (χ1) is 24.0. The molecule has 6 aromatic carbocycles. The van der Waals surface area contributed by atoms with Gasteiger partial charge >= 0.3 is 0 Å². The third-order valence-electron chi connectivity index (χ3n) is 9.70. The van der Waals surface area contributed by atoms with E-state index in [1.54, 1.807) is 0 Å². The number of ether oxygens (including phenoxy) is 1. The molecule has 0 aromatic heterocycles. The minimum atomic E-state index is -0.0503. The molecule has 0 amide bonds. The van der Waals surface area contributed by atoms with Gasteiger partial charge in [0.2, 0.25) is 0 Å². The summed E-state index contributed by atoms with van der Waals surface area (Å²) in [5, 5.41) is 2.10. The highest BCUT2D eigenvalue weighted by Crippen LogP contribution is 2.51. The van der Waals surface area contributed by atoms with Gasteiger partial charge in [-0.05, 0) is 84.8 Å². The first-order valence-corrected chi connectivity index (χ1v) is 15.4. The Balaban J connectivity index is 1.12. The van der Waals surface area contributed by atoms with Crippen molar-refractivity contribution in [2.45, 2.75) is 5.92 Å². The quantitative estimate of drug-likeness (QED) is 0.203. The monoisotopic (exact) mass is 576 g/mol. The van der Waals surface area contributed by atoms with Crippen LogP contribution in [0.1, 0.15) is 33.7 Å². The van der Waals surface area contributed by atoms with E-state index in [9.17, 15) is 5.48 Å². The summed E-state index contributed by atoms with van der Waals surface area (Å²) in [5.41, 5.74) is 10.8. The Morgan fingerprint density at radius 2 is 1.31 bits per heavy atom. The standard InChI is InChI=1S/C44H28O/c1-2-6-28(7-3-1)35-23-25-41-44-36(35)10-5-11-37(44)39-26-33(20-24-40(39)45-41)27-12-14-29(15-13-27)34-21-18-32-17-16-30-8-4-9-31-19-22-38(34)43(32)42(30)31/h1-26,32,43H/i12D,13D,14D,15D. The van der Waals surface area contributed by atoms with E-state index in [2.05, 4.69) is 85.0 Å². The lowest BCUT2D eigenvalue weighted by Gasteiger charge is -2.36. The van der Waals surface area contributed by atoms with Crippen molar-refractivity contribution in [3.05, 3.63) is 173 Å². The van der Waals surface area contributed by atoms with Gasteiger partial charge in [-0.25, -0.2) is 0 Å². The van der Waals surface area contributed by atoms with Gasteiger partial charge in [-0.2, -0.15) is 0 Å². The lowest BCUT2D eigenvalue weighted by Crippen LogP contribution is -2.21. The zero-order valence-electron chi connectivity index (χ0n) is 28.3. The maximum absolute atomic E-state index is 9.28. The molecule has 1 heteroatoms. The lowest BCUT2D eigenvalue weighted by molar-refractivity contribution is 0.487. The fraction of sp³-hybridized carbons (Fsp3) is 0.0455. The highest BCUT2D eigenvalue weighted by atomic mass is 16.5. The van der Waals surface area contributed by atoms with Gasteiger partial charge in [0, 0.05) is 22.8 Å². The molecule has 45 heavy (non-hydrogen) atoms. The third kappa shape index (κ3) is 3.68. The van der Waals surface area contributed by atoms with Crippen LogP contribution in [-0.2, 0) is 0 Å². The van der Waals surface area contributed by atoms with Crippen molar-refractivity contribution >= 4 is 28.5 Å². The zero-order chi connectivity index (χ0) is 33.0. The van der Waals surface area contributed by atoms with Crippen molar-refractivity contribution in [3.8, 4) is 44.9 Å². The minimum absolute atomic E-state index is 0.0330. The molecule has 0 N–H and O–H groups in total. The third-order valence-corrected chi connectivity index (χ3v) is 9.70. The van der Waals surface area contributed by atoms with Crippen LogP contribution in [0.25, 0.3) is 61.9 Å². The van der Waals surface area contributed by atoms with Crippen molar-refractivity contribution in [2.75, 3.05) is 0 Å². The fourth-order valence-corrected chi connectivity index (χ4v) is 7.63. The summed E-state index contributed by atoms with van der Waals surface area (Å²) in [6.07, 6.45) is 12.8. The minimum Gasteiger partial charge on any atom is -0.456 e. The average Bonchev–Trinajstić information content (AvgIpc) is 3.14. The Morgan fingerprint density at radius 3 is 2.20 bits per heavy atom. The van der Waals surface area contributed by atoms with Gasteiger partial charge in [0.25, 0.3) is 0 Å². The van der Waals surface area contributed by atoms with Crippen molar-refractivity contribution < 1.29 is 10.2 Å². The summed E-state index contributed by atoms with van der Waals surface area (Å²) >= 11 is 0. The van der Waals surface area contributed by atoms with Crippen LogP contribution in [0.2, 0.25) is 0 Å². The first-order valence-electron chi connectivity index (χ1n) is 17.4. The largest absolute Gasteiger partial charge is 0.456 e. The predicted molar refractivity (Wildman–Crippen MR) is 187 cm³/mol. The smallest absolute Gasteiger partial charge is 0.135 e. The van der Waals surface area contributed by atoms with Crippen molar-refractivity contribution in [1.82, 2.24) is 0 Å². The highest BCUT2D eigenvalue weighted by molar-refractivity contribution is 6.10. The molecule has 0 fully saturated rings. The Bertz CT molecular complexity index is 2540. The van der Waals surface area contributed by atoms with Crippen LogP contribution in [-0.4, -0.2) is 0 Å². The van der Waals surface area contributed by atoms with Crippen molar-refractivity contribution in [3.63, 3.8) is 0 Å². The van der Waals surface area contributed by atoms with E-state index in [0.717, 1.165) is 49.9 Å². The predicted octanol–water partition coefficient (Wildman–Crippen LogP) is 11.7. The summed E-state index contributed by atoms with van der Waals surface area (Å²) in [7, 11) is 0. The Kier molecular flexibility index (Phi) is 4.42. The second-order valence-electron chi connectivity index (χ2n) is 12.1. The van der Waals surface area contributed by atoms with E-state index < -0.39 is 0 Å². The second kappa shape index (κ2) is 9.42. The van der Waals surface area contributed by atoms with Crippen LogP contribution in [0.5, 0.6) is 11.5 Å².